The van der Waals surface area contributed by atoms with Crippen LogP contribution in [-0.2, 0) is 4.74 Å². The first kappa shape index (κ1) is 14.5. The Morgan fingerprint density at radius 2 is 2.42 bits per heavy atom. The number of nitrogens with one attached hydrogen (secondary N) is 1. The van der Waals surface area contributed by atoms with Gasteiger partial charge in [-0.2, -0.15) is 11.8 Å². The number of hydrogen-bond donors (Lipinski definition) is 1. The molecule has 19 heavy (non-hydrogen) atoms. The molecule has 2 atom stereocenters. The molecule has 0 radical (unpaired) electrons. The second-order valence-corrected chi connectivity index (χ2v) is 6.22. The zero-order valence-corrected chi connectivity index (χ0v) is 12.3. The minimum Gasteiger partial charge on any atom is -0.463 e. The van der Waals surface area contributed by atoms with Gasteiger partial charge in [-0.25, -0.2) is 4.79 Å². The summed E-state index contributed by atoms with van der Waals surface area (Å²) in [6.45, 7) is 3.04. The number of thioether (sulfide) groups is 1. The third-order valence-corrected chi connectivity index (χ3v) is 4.76. The van der Waals surface area contributed by atoms with Crippen molar-refractivity contribution >= 4 is 17.7 Å². The van der Waals surface area contributed by atoms with Gasteiger partial charge < -0.3 is 14.5 Å². The molecule has 4 nitrogen and oxygen atoms in total. The first-order chi connectivity index (χ1) is 9.20. The molecule has 1 aromatic heterocycles. The highest BCUT2D eigenvalue weighted by Gasteiger charge is 2.18. The predicted octanol–water partition coefficient (Wildman–Crippen LogP) is 3.00. The van der Waals surface area contributed by atoms with Gasteiger partial charge in [-0.1, -0.05) is 6.42 Å². The van der Waals surface area contributed by atoms with E-state index in [0.29, 0.717) is 5.25 Å². The van der Waals surface area contributed by atoms with Crippen molar-refractivity contribution in [1.29, 1.82) is 0 Å². The Hall–Kier alpha value is -0.940. The van der Waals surface area contributed by atoms with Crippen molar-refractivity contribution in [3.63, 3.8) is 0 Å². The number of carbonyl (C=O) groups excluding carboxylic acids is 1. The Kier molecular flexibility index (Phi) is 5.34. The van der Waals surface area contributed by atoms with Gasteiger partial charge in [-0.05, 0) is 37.7 Å². The Morgan fingerprint density at radius 3 is 3.11 bits per heavy atom. The lowest BCUT2D eigenvalue weighted by molar-refractivity contribution is 0.0562. The molecule has 106 valence electrons. The van der Waals surface area contributed by atoms with Gasteiger partial charge >= 0.3 is 5.97 Å². The van der Waals surface area contributed by atoms with Crippen LogP contribution in [0.1, 0.15) is 48.5 Å². The maximum Gasteiger partial charge on any atom is 0.373 e. The first-order valence-electron chi connectivity index (χ1n) is 6.73. The van der Waals surface area contributed by atoms with E-state index in [4.69, 9.17) is 4.42 Å². The van der Waals surface area contributed by atoms with Gasteiger partial charge in [-0.3, -0.25) is 0 Å². The molecule has 1 aliphatic rings. The van der Waals surface area contributed by atoms with E-state index < -0.39 is 5.97 Å². The Balaban J connectivity index is 1.83. The van der Waals surface area contributed by atoms with E-state index in [1.165, 1.54) is 32.1 Å². The van der Waals surface area contributed by atoms with Crippen LogP contribution in [0.3, 0.4) is 0 Å². The quantitative estimate of drug-likeness (QED) is 0.842. The zero-order chi connectivity index (χ0) is 13.7. The third kappa shape index (κ3) is 4.01. The first-order valence-corrected chi connectivity index (χ1v) is 7.78. The summed E-state index contributed by atoms with van der Waals surface area (Å²) < 4.78 is 10.1. The number of ether oxygens (including phenoxy) is 1. The number of furan rings is 1. The van der Waals surface area contributed by atoms with Crippen molar-refractivity contribution in [3.05, 3.63) is 23.7 Å². The van der Waals surface area contributed by atoms with Crippen LogP contribution >= 0.6 is 11.8 Å². The predicted molar refractivity (Wildman–Crippen MR) is 76.6 cm³/mol. The van der Waals surface area contributed by atoms with Crippen molar-refractivity contribution in [2.45, 2.75) is 37.5 Å². The van der Waals surface area contributed by atoms with Crippen molar-refractivity contribution < 1.29 is 13.9 Å². The molecule has 0 spiro atoms. The van der Waals surface area contributed by atoms with E-state index in [9.17, 15) is 4.79 Å². The van der Waals surface area contributed by atoms with Gasteiger partial charge in [0, 0.05) is 11.8 Å². The van der Waals surface area contributed by atoms with Crippen LogP contribution in [0.5, 0.6) is 0 Å². The van der Waals surface area contributed by atoms with Crippen molar-refractivity contribution in [1.82, 2.24) is 5.32 Å². The third-order valence-electron chi connectivity index (χ3n) is 3.37. The van der Waals surface area contributed by atoms with Crippen LogP contribution in [0.15, 0.2) is 16.5 Å². The summed E-state index contributed by atoms with van der Waals surface area (Å²) in [4.78, 5) is 11.3. The maximum absolute atomic E-state index is 11.3. The minimum absolute atomic E-state index is 0.112. The number of esters is 1. The number of rotatable bonds is 5. The van der Waals surface area contributed by atoms with Gasteiger partial charge in [-0.15, -0.1) is 0 Å². The van der Waals surface area contributed by atoms with Crippen LogP contribution in [0, 0.1) is 0 Å². The molecule has 1 aliphatic heterocycles. The molecule has 1 saturated heterocycles. The molecule has 5 heteroatoms. The number of hydrogen-bond acceptors (Lipinski definition) is 5. The fourth-order valence-electron chi connectivity index (χ4n) is 2.17. The van der Waals surface area contributed by atoms with E-state index in [1.54, 1.807) is 6.07 Å². The fraction of sp³-hybridized carbons (Fsp3) is 0.643. The summed E-state index contributed by atoms with van der Waals surface area (Å²) in [5.74, 6) is 1.88. The molecule has 2 rings (SSSR count). The summed E-state index contributed by atoms with van der Waals surface area (Å²) in [7, 11) is 1.35. The normalized spacial score (nSPS) is 21.1. The molecular weight excluding hydrogens is 262 g/mol. The standard InChI is InChI=1S/C14H21NO3S/c1-10(15-9-11-5-3-4-8-19-11)12-6-7-13(18-12)14(16)17-2/h6-7,10-11,15H,3-5,8-9H2,1-2H3. The molecule has 0 aromatic carbocycles. The molecule has 0 saturated carbocycles. The molecule has 0 amide bonds. The monoisotopic (exact) mass is 283 g/mol. The van der Waals surface area contributed by atoms with Crippen LogP contribution in [0.2, 0.25) is 0 Å². The van der Waals surface area contributed by atoms with E-state index in [0.717, 1.165) is 12.3 Å². The van der Waals surface area contributed by atoms with Crippen LogP contribution in [0.4, 0.5) is 0 Å². The molecule has 2 unspecified atom stereocenters. The van der Waals surface area contributed by atoms with Gasteiger partial charge in [0.1, 0.15) is 5.76 Å². The zero-order valence-electron chi connectivity index (χ0n) is 11.5. The average Bonchev–Trinajstić information content (AvgIpc) is 2.95. The highest BCUT2D eigenvalue weighted by Crippen LogP contribution is 2.25. The lowest BCUT2D eigenvalue weighted by Crippen LogP contribution is -2.28. The molecule has 2 heterocycles. The van der Waals surface area contributed by atoms with E-state index in [1.807, 2.05) is 24.8 Å². The highest BCUT2D eigenvalue weighted by atomic mass is 32.2. The summed E-state index contributed by atoms with van der Waals surface area (Å²) in [6.07, 6.45) is 3.97. The highest BCUT2D eigenvalue weighted by molar-refractivity contribution is 7.99. The average molecular weight is 283 g/mol. The van der Waals surface area contributed by atoms with Crippen LogP contribution in [0.25, 0.3) is 0 Å². The van der Waals surface area contributed by atoms with Gasteiger partial charge in [0.05, 0.1) is 13.2 Å². The molecular formula is C14H21NO3S. The van der Waals surface area contributed by atoms with Crippen molar-refractivity contribution in [2.24, 2.45) is 0 Å². The Labute approximate surface area is 118 Å². The number of carbonyl (C=O) groups is 1. The van der Waals surface area contributed by atoms with Crippen LogP contribution < -0.4 is 5.32 Å². The van der Waals surface area contributed by atoms with Crippen molar-refractivity contribution in [3.8, 4) is 0 Å². The minimum atomic E-state index is -0.429. The largest absolute Gasteiger partial charge is 0.463 e. The summed E-state index contributed by atoms with van der Waals surface area (Å²) in [6, 6.07) is 3.60. The summed E-state index contributed by atoms with van der Waals surface area (Å²) >= 11 is 2.05. The molecule has 0 bridgehead atoms. The molecule has 1 fully saturated rings. The van der Waals surface area contributed by atoms with E-state index >= 15 is 0 Å². The summed E-state index contributed by atoms with van der Waals surface area (Å²) in [5.41, 5.74) is 0. The second kappa shape index (κ2) is 7.01. The molecule has 0 aliphatic carbocycles. The summed E-state index contributed by atoms with van der Waals surface area (Å²) in [5, 5.41) is 4.17. The fourth-order valence-corrected chi connectivity index (χ4v) is 3.42. The maximum atomic E-state index is 11.3. The van der Waals surface area contributed by atoms with E-state index in [2.05, 4.69) is 10.1 Å². The Bertz CT molecular complexity index is 413. The molecule has 1 N–H and O–H groups in total. The topological polar surface area (TPSA) is 51.5 Å². The van der Waals surface area contributed by atoms with Gasteiger partial charge in [0.25, 0.3) is 0 Å². The smallest absolute Gasteiger partial charge is 0.373 e. The SMILES string of the molecule is COC(=O)c1ccc(C(C)NCC2CCCCS2)o1. The van der Waals surface area contributed by atoms with Gasteiger partial charge in [0.2, 0.25) is 5.76 Å². The molecule has 1 aromatic rings. The van der Waals surface area contributed by atoms with Gasteiger partial charge in [0.15, 0.2) is 0 Å². The lowest BCUT2D eigenvalue weighted by atomic mass is 10.1. The number of methoxy groups -OCH3 is 1. The lowest BCUT2D eigenvalue weighted by Gasteiger charge is -2.23. The Morgan fingerprint density at radius 1 is 1.58 bits per heavy atom. The van der Waals surface area contributed by atoms with Crippen molar-refractivity contribution in [2.75, 3.05) is 19.4 Å². The van der Waals surface area contributed by atoms with E-state index in [-0.39, 0.29) is 11.8 Å². The second-order valence-electron chi connectivity index (χ2n) is 4.81. The van der Waals surface area contributed by atoms with Crippen LogP contribution in [-0.4, -0.2) is 30.6 Å².